The van der Waals surface area contributed by atoms with Crippen LogP contribution in [0.2, 0.25) is 0 Å². The van der Waals surface area contributed by atoms with Crippen molar-refractivity contribution in [2.75, 3.05) is 0 Å². The van der Waals surface area contributed by atoms with Crippen LogP contribution in [0, 0.1) is 5.82 Å². The number of primary amides is 1. The Kier molecular flexibility index (Phi) is 2.40. The Bertz CT molecular complexity index is 621. The molecule has 16 heavy (non-hydrogen) atoms. The number of rotatable bonds is 2. The van der Waals surface area contributed by atoms with E-state index in [-0.39, 0.29) is 17.4 Å². The van der Waals surface area contributed by atoms with E-state index in [1.807, 2.05) is 0 Å². The number of hydrogen-bond donors (Lipinski definition) is 1. The van der Waals surface area contributed by atoms with Crippen LogP contribution in [-0.4, -0.2) is 15.5 Å². The third-order valence-electron chi connectivity index (χ3n) is 2.11. The summed E-state index contributed by atoms with van der Waals surface area (Å²) in [5, 5.41) is 0.255. The molecule has 1 heterocycles. The Morgan fingerprint density at radius 2 is 2.25 bits per heavy atom. The number of fused-ring (bicyclic) bond motifs is 1. The molecule has 0 saturated carbocycles. The fourth-order valence-corrected chi connectivity index (χ4v) is 1.41. The first-order chi connectivity index (χ1) is 7.58. The minimum atomic E-state index is -0.634. The van der Waals surface area contributed by atoms with Gasteiger partial charge in [-0.25, -0.2) is 9.37 Å². The van der Waals surface area contributed by atoms with Gasteiger partial charge in [-0.1, -0.05) is 0 Å². The van der Waals surface area contributed by atoms with Crippen LogP contribution >= 0.6 is 0 Å². The molecule has 0 aliphatic rings. The summed E-state index contributed by atoms with van der Waals surface area (Å²) in [6, 6.07) is 3.66. The molecule has 0 atom stereocenters. The number of hydrogen-bond acceptors (Lipinski definition) is 3. The quantitative estimate of drug-likeness (QED) is 0.776. The van der Waals surface area contributed by atoms with E-state index in [0.29, 0.717) is 0 Å². The lowest BCUT2D eigenvalue weighted by atomic mass is 10.2. The average molecular weight is 221 g/mol. The first-order valence-electron chi connectivity index (χ1n) is 4.51. The lowest BCUT2D eigenvalue weighted by molar-refractivity contribution is -0.118. The molecule has 6 heteroatoms. The highest BCUT2D eigenvalue weighted by molar-refractivity contribution is 5.78. The average Bonchev–Trinajstić information content (AvgIpc) is 2.22. The summed E-state index contributed by atoms with van der Waals surface area (Å²) in [4.78, 5) is 26.3. The smallest absolute Gasteiger partial charge is 0.261 e. The van der Waals surface area contributed by atoms with E-state index in [1.165, 1.54) is 18.5 Å². The number of nitrogens with two attached hydrogens (primary N) is 1. The van der Waals surface area contributed by atoms with Gasteiger partial charge in [0.1, 0.15) is 12.4 Å². The zero-order valence-electron chi connectivity index (χ0n) is 8.18. The second-order valence-corrected chi connectivity index (χ2v) is 3.31. The summed E-state index contributed by atoms with van der Waals surface area (Å²) in [6.07, 6.45) is 1.18. The van der Waals surface area contributed by atoms with Gasteiger partial charge in [-0.15, -0.1) is 0 Å². The molecular formula is C10H8FN3O2. The molecule has 0 aliphatic carbocycles. The van der Waals surface area contributed by atoms with Gasteiger partial charge < -0.3 is 5.73 Å². The van der Waals surface area contributed by atoms with Crippen LogP contribution in [0.1, 0.15) is 0 Å². The number of nitrogens with zero attached hydrogens (tertiary/aromatic N) is 2. The summed E-state index contributed by atoms with van der Waals surface area (Å²) in [7, 11) is 0. The zero-order valence-corrected chi connectivity index (χ0v) is 8.18. The zero-order chi connectivity index (χ0) is 11.7. The molecule has 2 aromatic rings. The third kappa shape index (κ3) is 1.77. The highest BCUT2D eigenvalue weighted by atomic mass is 19.1. The lowest BCUT2D eigenvalue weighted by Gasteiger charge is -2.03. The molecule has 2 rings (SSSR count). The summed E-state index contributed by atoms with van der Waals surface area (Å²) in [5.74, 6) is -1.10. The molecule has 0 saturated heterocycles. The molecule has 5 nitrogen and oxygen atoms in total. The van der Waals surface area contributed by atoms with Crippen molar-refractivity contribution in [2.24, 2.45) is 5.73 Å². The Balaban J connectivity index is 2.66. The highest BCUT2D eigenvalue weighted by Crippen LogP contribution is 2.08. The second-order valence-electron chi connectivity index (χ2n) is 3.31. The predicted octanol–water partition coefficient (Wildman–Crippen LogP) is 0.0209. The third-order valence-corrected chi connectivity index (χ3v) is 2.11. The van der Waals surface area contributed by atoms with E-state index in [9.17, 15) is 14.0 Å². The molecule has 1 amide bonds. The van der Waals surface area contributed by atoms with Crippen LogP contribution in [0.15, 0.2) is 29.3 Å². The van der Waals surface area contributed by atoms with E-state index in [2.05, 4.69) is 4.98 Å². The van der Waals surface area contributed by atoms with Gasteiger partial charge in [0.05, 0.1) is 17.2 Å². The van der Waals surface area contributed by atoms with Crippen molar-refractivity contribution < 1.29 is 9.18 Å². The van der Waals surface area contributed by atoms with Crippen molar-refractivity contribution >= 4 is 16.8 Å². The molecule has 2 N–H and O–H groups in total. The van der Waals surface area contributed by atoms with E-state index < -0.39 is 17.3 Å². The number of carbonyl (C=O) groups is 1. The van der Waals surface area contributed by atoms with Gasteiger partial charge >= 0.3 is 0 Å². The standard InChI is InChI=1S/C10H8FN3O2/c11-6-1-2-7-8(3-6)13-5-14(10(7)16)4-9(12)15/h1-3,5H,4H2,(H2,12,15). The van der Waals surface area contributed by atoms with Gasteiger partial charge in [0.2, 0.25) is 5.91 Å². The Morgan fingerprint density at radius 3 is 2.94 bits per heavy atom. The summed E-state index contributed by atoms with van der Waals surface area (Å²) < 4.78 is 13.9. The molecular weight excluding hydrogens is 213 g/mol. The van der Waals surface area contributed by atoms with Gasteiger partial charge in [0.15, 0.2) is 0 Å². The molecule has 0 radical (unpaired) electrons. The van der Waals surface area contributed by atoms with E-state index in [0.717, 1.165) is 10.6 Å². The first kappa shape index (κ1) is 10.3. The minimum Gasteiger partial charge on any atom is -0.368 e. The highest BCUT2D eigenvalue weighted by Gasteiger charge is 2.06. The maximum atomic E-state index is 12.9. The van der Waals surface area contributed by atoms with E-state index in [4.69, 9.17) is 5.73 Å². The number of carbonyl (C=O) groups excluding carboxylic acids is 1. The molecule has 0 aliphatic heterocycles. The van der Waals surface area contributed by atoms with Gasteiger partial charge in [0.25, 0.3) is 5.56 Å². The number of halogens is 1. The molecule has 0 spiro atoms. The molecule has 1 aromatic carbocycles. The van der Waals surface area contributed by atoms with Gasteiger partial charge in [-0.3, -0.25) is 14.2 Å². The van der Waals surface area contributed by atoms with Gasteiger partial charge in [-0.05, 0) is 12.1 Å². The number of aromatic nitrogens is 2. The first-order valence-corrected chi connectivity index (χ1v) is 4.51. The largest absolute Gasteiger partial charge is 0.368 e. The Morgan fingerprint density at radius 1 is 1.50 bits per heavy atom. The van der Waals surface area contributed by atoms with Crippen LogP contribution in [0.25, 0.3) is 10.9 Å². The van der Waals surface area contributed by atoms with Gasteiger partial charge in [-0.2, -0.15) is 0 Å². The number of amides is 1. The lowest BCUT2D eigenvalue weighted by Crippen LogP contribution is -2.28. The van der Waals surface area contributed by atoms with Crippen molar-refractivity contribution in [1.29, 1.82) is 0 Å². The second kappa shape index (κ2) is 3.73. The van der Waals surface area contributed by atoms with Crippen LogP contribution in [-0.2, 0) is 11.3 Å². The van der Waals surface area contributed by atoms with Crippen molar-refractivity contribution in [3.8, 4) is 0 Å². The predicted molar refractivity (Wildman–Crippen MR) is 55.2 cm³/mol. The fraction of sp³-hybridized carbons (Fsp3) is 0.100. The fourth-order valence-electron chi connectivity index (χ4n) is 1.41. The molecule has 82 valence electrons. The topological polar surface area (TPSA) is 78.0 Å². The van der Waals surface area contributed by atoms with Crippen molar-refractivity contribution in [3.05, 3.63) is 40.7 Å². The molecule has 0 unspecified atom stereocenters. The van der Waals surface area contributed by atoms with Crippen LogP contribution in [0.5, 0.6) is 0 Å². The summed E-state index contributed by atoms with van der Waals surface area (Å²) in [5.41, 5.74) is 4.82. The van der Waals surface area contributed by atoms with Gasteiger partial charge in [0, 0.05) is 6.07 Å². The van der Waals surface area contributed by atoms with Crippen LogP contribution in [0.3, 0.4) is 0 Å². The van der Waals surface area contributed by atoms with E-state index in [1.54, 1.807) is 0 Å². The molecule has 0 bridgehead atoms. The van der Waals surface area contributed by atoms with Crippen LogP contribution < -0.4 is 11.3 Å². The maximum absolute atomic E-state index is 12.9. The van der Waals surface area contributed by atoms with Crippen LogP contribution in [0.4, 0.5) is 4.39 Å². The number of benzene rings is 1. The van der Waals surface area contributed by atoms with E-state index >= 15 is 0 Å². The van der Waals surface area contributed by atoms with Crippen molar-refractivity contribution in [2.45, 2.75) is 6.54 Å². The summed E-state index contributed by atoms with van der Waals surface area (Å²) in [6.45, 7) is -0.237. The van der Waals surface area contributed by atoms with Crippen molar-refractivity contribution in [3.63, 3.8) is 0 Å². The monoisotopic (exact) mass is 221 g/mol. The Labute approximate surface area is 89.3 Å². The molecule has 1 aromatic heterocycles. The normalized spacial score (nSPS) is 10.6. The summed E-state index contributed by atoms with van der Waals surface area (Å²) >= 11 is 0. The minimum absolute atomic E-state index is 0.237. The maximum Gasteiger partial charge on any atom is 0.261 e. The molecule has 0 fully saturated rings. The SMILES string of the molecule is NC(=O)Cn1cnc2cc(F)ccc2c1=O. The Hall–Kier alpha value is -2.24. The van der Waals surface area contributed by atoms with Crippen molar-refractivity contribution in [1.82, 2.24) is 9.55 Å².